The first-order valence-electron chi connectivity index (χ1n) is 8.46. The largest absolute Gasteiger partial charge is 0.416 e. The van der Waals surface area contributed by atoms with Gasteiger partial charge in [-0.2, -0.15) is 13.2 Å². The molecule has 6 heteroatoms. The lowest BCUT2D eigenvalue weighted by Gasteiger charge is -2.29. The third-order valence-electron chi connectivity index (χ3n) is 5.32. The van der Waals surface area contributed by atoms with Gasteiger partial charge in [0.2, 0.25) is 5.91 Å². The van der Waals surface area contributed by atoms with Crippen molar-refractivity contribution >= 4 is 5.91 Å². The van der Waals surface area contributed by atoms with Crippen LogP contribution in [0.3, 0.4) is 0 Å². The van der Waals surface area contributed by atoms with E-state index < -0.39 is 17.2 Å². The molecule has 132 valence electrons. The summed E-state index contributed by atoms with van der Waals surface area (Å²) >= 11 is 0. The number of nitrogens with zero attached hydrogens (tertiary/aromatic N) is 1. The number of amides is 1. The van der Waals surface area contributed by atoms with E-state index in [1.807, 2.05) is 0 Å². The van der Waals surface area contributed by atoms with Crippen LogP contribution in [0.25, 0.3) is 0 Å². The first-order valence-corrected chi connectivity index (χ1v) is 8.46. The van der Waals surface area contributed by atoms with Crippen molar-refractivity contribution in [2.45, 2.75) is 37.3 Å². The van der Waals surface area contributed by atoms with Crippen molar-refractivity contribution in [3.63, 3.8) is 0 Å². The Labute approximate surface area is 140 Å². The fourth-order valence-electron chi connectivity index (χ4n) is 3.44. The second-order valence-corrected chi connectivity index (χ2v) is 7.12. The predicted molar refractivity (Wildman–Crippen MR) is 85.6 cm³/mol. The van der Waals surface area contributed by atoms with Gasteiger partial charge in [0, 0.05) is 6.54 Å². The summed E-state index contributed by atoms with van der Waals surface area (Å²) in [5.74, 6) is 0.336. The van der Waals surface area contributed by atoms with Crippen LogP contribution in [0.5, 0.6) is 0 Å². The van der Waals surface area contributed by atoms with Crippen molar-refractivity contribution in [2.75, 3.05) is 26.7 Å². The lowest BCUT2D eigenvalue weighted by atomic mass is 9.92. The van der Waals surface area contributed by atoms with Crippen LogP contribution < -0.4 is 5.32 Å². The maximum atomic E-state index is 12.9. The molecule has 1 aliphatic carbocycles. The summed E-state index contributed by atoms with van der Waals surface area (Å²) in [6, 6.07) is 5.21. The molecule has 0 spiro atoms. The number of rotatable bonds is 4. The highest BCUT2D eigenvalue weighted by molar-refractivity contribution is 5.91. The normalized spacial score (nSPS) is 21.5. The maximum Gasteiger partial charge on any atom is 0.416 e. The van der Waals surface area contributed by atoms with E-state index in [1.165, 1.54) is 6.07 Å². The molecular formula is C18H23F3N2O. The van der Waals surface area contributed by atoms with Gasteiger partial charge in [0.1, 0.15) is 0 Å². The van der Waals surface area contributed by atoms with Gasteiger partial charge >= 0.3 is 6.18 Å². The fraction of sp³-hybridized carbons (Fsp3) is 0.611. The van der Waals surface area contributed by atoms with Gasteiger partial charge < -0.3 is 10.2 Å². The third kappa shape index (κ3) is 3.58. The van der Waals surface area contributed by atoms with Crippen molar-refractivity contribution in [3.05, 3.63) is 35.4 Å². The molecule has 2 aliphatic rings. The van der Waals surface area contributed by atoms with Crippen LogP contribution in [-0.4, -0.2) is 37.5 Å². The molecule has 1 saturated carbocycles. The molecule has 24 heavy (non-hydrogen) atoms. The van der Waals surface area contributed by atoms with Gasteiger partial charge in [0.25, 0.3) is 0 Å². The Kier molecular flexibility index (Phi) is 4.60. The van der Waals surface area contributed by atoms with Gasteiger partial charge in [-0.25, -0.2) is 0 Å². The van der Waals surface area contributed by atoms with E-state index >= 15 is 0 Å². The van der Waals surface area contributed by atoms with Crippen LogP contribution in [-0.2, 0) is 16.4 Å². The van der Waals surface area contributed by atoms with E-state index in [1.54, 1.807) is 6.07 Å². The van der Waals surface area contributed by atoms with Gasteiger partial charge in [0.15, 0.2) is 0 Å². The molecule has 1 amide bonds. The molecule has 0 unspecified atom stereocenters. The minimum Gasteiger partial charge on any atom is -0.355 e. The number of hydrogen-bond acceptors (Lipinski definition) is 2. The Bertz CT molecular complexity index is 603. The number of piperidine rings is 1. The Hall–Kier alpha value is -1.56. The van der Waals surface area contributed by atoms with Crippen LogP contribution in [0.2, 0.25) is 0 Å². The maximum absolute atomic E-state index is 12.9. The molecule has 0 atom stereocenters. The molecule has 1 heterocycles. The average molecular weight is 340 g/mol. The van der Waals surface area contributed by atoms with Gasteiger partial charge in [-0.1, -0.05) is 18.2 Å². The molecule has 1 saturated heterocycles. The summed E-state index contributed by atoms with van der Waals surface area (Å²) in [4.78, 5) is 14.9. The smallest absolute Gasteiger partial charge is 0.355 e. The first-order chi connectivity index (χ1) is 11.3. The van der Waals surface area contributed by atoms with E-state index in [9.17, 15) is 18.0 Å². The van der Waals surface area contributed by atoms with Gasteiger partial charge in [-0.05, 0) is 63.4 Å². The summed E-state index contributed by atoms with van der Waals surface area (Å²) in [6.07, 6.45) is -1.04. The first kappa shape index (κ1) is 17.3. The highest BCUT2D eigenvalue weighted by Crippen LogP contribution is 2.49. The van der Waals surface area contributed by atoms with E-state index in [-0.39, 0.29) is 5.91 Å². The lowest BCUT2D eigenvalue weighted by Crippen LogP contribution is -2.40. The summed E-state index contributed by atoms with van der Waals surface area (Å²) in [5, 5.41) is 2.99. The van der Waals surface area contributed by atoms with Gasteiger partial charge in [-0.3, -0.25) is 4.79 Å². The van der Waals surface area contributed by atoms with Crippen LogP contribution in [0.15, 0.2) is 24.3 Å². The number of carbonyl (C=O) groups excluding carboxylic acids is 1. The second kappa shape index (κ2) is 6.39. The Morgan fingerprint density at radius 3 is 2.54 bits per heavy atom. The van der Waals surface area contributed by atoms with Crippen LogP contribution in [0.1, 0.15) is 36.8 Å². The Morgan fingerprint density at radius 1 is 1.29 bits per heavy atom. The third-order valence-corrected chi connectivity index (χ3v) is 5.32. The molecule has 0 aromatic heterocycles. The Balaban J connectivity index is 1.64. The summed E-state index contributed by atoms with van der Waals surface area (Å²) < 4.78 is 38.7. The number of carbonyl (C=O) groups is 1. The zero-order valence-corrected chi connectivity index (χ0v) is 13.8. The topological polar surface area (TPSA) is 32.3 Å². The quantitative estimate of drug-likeness (QED) is 0.913. The molecule has 0 radical (unpaired) electrons. The van der Waals surface area contributed by atoms with Crippen molar-refractivity contribution < 1.29 is 18.0 Å². The van der Waals surface area contributed by atoms with E-state index in [2.05, 4.69) is 17.3 Å². The monoisotopic (exact) mass is 340 g/mol. The van der Waals surface area contributed by atoms with Crippen molar-refractivity contribution in [1.82, 2.24) is 10.2 Å². The zero-order chi connectivity index (χ0) is 17.4. The van der Waals surface area contributed by atoms with E-state index in [0.717, 1.165) is 38.1 Å². The second-order valence-electron chi connectivity index (χ2n) is 7.12. The summed E-state index contributed by atoms with van der Waals surface area (Å²) in [7, 11) is 2.08. The lowest BCUT2D eigenvalue weighted by molar-refractivity contribution is -0.137. The number of benzene rings is 1. The van der Waals surface area contributed by atoms with Crippen LogP contribution in [0, 0.1) is 5.92 Å². The van der Waals surface area contributed by atoms with E-state index in [0.29, 0.717) is 30.9 Å². The minimum absolute atomic E-state index is 0.124. The highest BCUT2D eigenvalue weighted by Gasteiger charge is 2.51. The summed E-state index contributed by atoms with van der Waals surface area (Å²) in [5.41, 5.74) is -0.959. The van der Waals surface area contributed by atoms with Crippen molar-refractivity contribution in [3.8, 4) is 0 Å². The standard InChI is InChI=1S/C18H23F3N2O/c1-23-9-5-13(6-10-23)12-22-16(24)17(7-8-17)14-3-2-4-15(11-14)18(19,20)21/h2-4,11,13H,5-10,12H2,1H3,(H,22,24). The zero-order valence-electron chi connectivity index (χ0n) is 13.8. The van der Waals surface area contributed by atoms with Crippen molar-refractivity contribution in [2.24, 2.45) is 5.92 Å². The van der Waals surface area contributed by atoms with Gasteiger partial charge in [-0.15, -0.1) is 0 Å². The molecule has 2 fully saturated rings. The molecule has 1 N–H and O–H groups in total. The number of nitrogens with one attached hydrogen (secondary N) is 1. The molecule has 3 rings (SSSR count). The van der Waals surface area contributed by atoms with E-state index in [4.69, 9.17) is 0 Å². The number of hydrogen-bond donors (Lipinski definition) is 1. The summed E-state index contributed by atoms with van der Waals surface area (Å²) in [6.45, 7) is 2.67. The van der Waals surface area contributed by atoms with Crippen LogP contribution >= 0.6 is 0 Å². The number of likely N-dealkylation sites (tertiary alicyclic amines) is 1. The molecule has 0 bridgehead atoms. The predicted octanol–water partition coefficient (Wildman–Crippen LogP) is 3.20. The highest BCUT2D eigenvalue weighted by atomic mass is 19.4. The fourth-order valence-corrected chi connectivity index (χ4v) is 3.44. The SMILES string of the molecule is CN1CCC(CNC(=O)C2(c3cccc(C(F)(F)F)c3)CC2)CC1. The molecule has 1 aliphatic heterocycles. The minimum atomic E-state index is -4.38. The molecule has 1 aromatic rings. The average Bonchev–Trinajstić information content (AvgIpc) is 3.35. The number of halogens is 3. The molecule has 3 nitrogen and oxygen atoms in total. The van der Waals surface area contributed by atoms with Crippen LogP contribution in [0.4, 0.5) is 13.2 Å². The number of alkyl halides is 3. The molecule has 1 aromatic carbocycles. The Morgan fingerprint density at radius 2 is 1.96 bits per heavy atom. The van der Waals surface area contributed by atoms with Gasteiger partial charge in [0.05, 0.1) is 11.0 Å². The molecular weight excluding hydrogens is 317 g/mol. The van der Waals surface area contributed by atoms with Crippen molar-refractivity contribution in [1.29, 1.82) is 0 Å².